The molecule has 0 saturated heterocycles. The smallest absolute Gasteiger partial charge is 0.324 e. The highest BCUT2D eigenvalue weighted by Gasteiger charge is 2.15. The highest BCUT2D eigenvalue weighted by molar-refractivity contribution is 7.12. The SMILES string of the molecule is CCn1c(=O)c2ccccc2n(CC(=O)Nc2cccc(NC(=O)c3cccs3)c2)c1=O. The molecular weight excluding hydrogens is 428 g/mol. The fraction of sp³-hybridized carbons (Fsp3) is 0.130. The molecule has 0 aliphatic heterocycles. The number of benzene rings is 2. The van der Waals surface area contributed by atoms with E-state index in [0.717, 1.165) is 4.57 Å². The summed E-state index contributed by atoms with van der Waals surface area (Å²) >= 11 is 1.33. The molecule has 8 nitrogen and oxygen atoms in total. The number of para-hydroxylation sites is 1. The minimum atomic E-state index is -0.539. The number of carbonyl (C=O) groups excluding carboxylic acids is 2. The number of anilines is 2. The van der Waals surface area contributed by atoms with Crippen molar-refractivity contribution in [1.82, 2.24) is 9.13 Å². The van der Waals surface area contributed by atoms with Crippen LogP contribution >= 0.6 is 11.3 Å². The van der Waals surface area contributed by atoms with Gasteiger partial charge in [-0.25, -0.2) is 4.79 Å². The predicted molar refractivity (Wildman–Crippen MR) is 125 cm³/mol. The third-order valence-electron chi connectivity index (χ3n) is 4.90. The Morgan fingerprint density at radius 1 is 0.906 bits per heavy atom. The van der Waals surface area contributed by atoms with Crippen LogP contribution in [0.4, 0.5) is 11.4 Å². The van der Waals surface area contributed by atoms with Crippen LogP contribution in [0.1, 0.15) is 16.6 Å². The van der Waals surface area contributed by atoms with Crippen molar-refractivity contribution in [3.05, 3.63) is 91.8 Å². The zero-order valence-electron chi connectivity index (χ0n) is 17.2. The molecular formula is C23H20N4O4S. The molecule has 32 heavy (non-hydrogen) atoms. The van der Waals surface area contributed by atoms with Gasteiger partial charge in [0.1, 0.15) is 6.54 Å². The van der Waals surface area contributed by atoms with Gasteiger partial charge in [0.25, 0.3) is 11.5 Å². The number of rotatable bonds is 6. The van der Waals surface area contributed by atoms with E-state index in [0.29, 0.717) is 27.2 Å². The number of nitrogens with one attached hydrogen (secondary N) is 2. The molecule has 2 aromatic heterocycles. The normalized spacial score (nSPS) is 10.8. The molecule has 0 bridgehead atoms. The van der Waals surface area contributed by atoms with Crippen LogP contribution in [0.2, 0.25) is 0 Å². The van der Waals surface area contributed by atoms with E-state index in [1.165, 1.54) is 15.9 Å². The van der Waals surface area contributed by atoms with Crippen molar-refractivity contribution in [3.63, 3.8) is 0 Å². The van der Waals surface area contributed by atoms with Crippen LogP contribution in [-0.2, 0) is 17.9 Å². The highest BCUT2D eigenvalue weighted by atomic mass is 32.1. The molecule has 162 valence electrons. The predicted octanol–water partition coefficient (Wildman–Crippen LogP) is 3.14. The lowest BCUT2D eigenvalue weighted by molar-refractivity contribution is -0.116. The second-order valence-corrected chi connectivity index (χ2v) is 7.94. The number of amides is 2. The molecule has 4 aromatic rings. The number of fused-ring (bicyclic) bond motifs is 1. The average Bonchev–Trinajstić information content (AvgIpc) is 3.32. The molecule has 0 spiro atoms. The minimum absolute atomic E-state index is 0.204. The van der Waals surface area contributed by atoms with Crippen molar-refractivity contribution in [2.75, 3.05) is 10.6 Å². The summed E-state index contributed by atoms with van der Waals surface area (Å²) in [6.45, 7) is 1.65. The van der Waals surface area contributed by atoms with Crippen LogP contribution in [0.15, 0.2) is 75.6 Å². The van der Waals surface area contributed by atoms with Crippen molar-refractivity contribution < 1.29 is 9.59 Å². The lowest BCUT2D eigenvalue weighted by atomic mass is 10.2. The van der Waals surface area contributed by atoms with E-state index in [1.54, 1.807) is 67.6 Å². The largest absolute Gasteiger partial charge is 0.331 e. The Balaban J connectivity index is 1.56. The molecule has 0 radical (unpaired) electrons. The van der Waals surface area contributed by atoms with Gasteiger partial charge in [-0.3, -0.25) is 23.5 Å². The van der Waals surface area contributed by atoms with E-state index in [2.05, 4.69) is 10.6 Å². The summed E-state index contributed by atoms with van der Waals surface area (Å²) in [6.07, 6.45) is 0. The Kier molecular flexibility index (Phi) is 6.00. The highest BCUT2D eigenvalue weighted by Crippen LogP contribution is 2.18. The molecule has 0 unspecified atom stereocenters. The van der Waals surface area contributed by atoms with Crippen LogP contribution < -0.4 is 21.9 Å². The quantitative estimate of drug-likeness (QED) is 0.473. The first-order valence-corrected chi connectivity index (χ1v) is 10.8. The Hall–Kier alpha value is -3.98. The van der Waals surface area contributed by atoms with Gasteiger partial charge in [-0.15, -0.1) is 11.3 Å². The van der Waals surface area contributed by atoms with Gasteiger partial charge in [0.05, 0.1) is 15.8 Å². The number of thiophene rings is 1. The minimum Gasteiger partial charge on any atom is -0.324 e. The first kappa shape index (κ1) is 21.3. The lowest BCUT2D eigenvalue weighted by Crippen LogP contribution is -2.41. The first-order chi connectivity index (χ1) is 15.5. The van der Waals surface area contributed by atoms with Gasteiger partial charge in [0.2, 0.25) is 5.91 Å². The molecule has 2 N–H and O–H groups in total. The molecule has 0 aliphatic carbocycles. The maximum atomic E-state index is 12.8. The number of nitrogens with zero attached hydrogens (tertiary/aromatic N) is 2. The fourth-order valence-corrected chi connectivity index (χ4v) is 4.04. The summed E-state index contributed by atoms with van der Waals surface area (Å²) < 4.78 is 2.40. The molecule has 4 rings (SSSR count). The Bertz CT molecular complexity index is 1420. The molecule has 2 aromatic carbocycles. The maximum Gasteiger partial charge on any atom is 0.331 e. The van der Waals surface area contributed by atoms with Gasteiger partial charge in [-0.05, 0) is 48.7 Å². The van der Waals surface area contributed by atoms with Crippen molar-refractivity contribution in [3.8, 4) is 0 Å². The molecule has 2 amide bonds. The van der Waals surface area contributed by atoms with Gasteiger partial charge in [0.15, 0.2) is 0 Å². The zero-order chi connectivity index (χ0) is 22.7. The van der Waals surface area contributed by atoms with Crippen molar-refractivity contribution in [1.29, 1.82) is 0 Å². The second kappa shape index (κ2) is 9.03. The lowest BCUT2D eigenvalue weighted by Gasteiger charge is -2.13. The molecule has 0 saturated carbocycles. The van der Waals surface area contributed by atoms with Gasteiger partial charge in [0, 0.05) is 17.9 Å². The third kappa shape index (κ3) is 4.23. The molecule has 0 fully saturated rings. The summed E-state index contributed by atoms with van der Waals surface area (Å²) in [7, 11) is 0. The van der Waals surface area contributed by atoms with Crippen molar-refractivity contribution >= 4 is 45.4 Å². The monoisotopic (exact) mass is 448 g/mol. The number of hydrogen-bond acceptors (Lipinski definition) is 5. The summed E-state index contributed by atoms with van der Waals surface area (Å²) in [5.74, 6) is -0.663. The summed E-state index contributed by atoms with van der Waals surface area (Å²) in [5.41, 5.74) is 0.491. The van der Waals surface area contributed by atoms with E-state index >= 15 is 0 Å². The molecule has 2 heterocycles. The standard InChI is InChI=1S/C23H20N4O4S/c1-2-26-22(30)17-9-3-4-10-18(17)27(23(26)31)14-20(28)24-15-7-5-8-16(13-15)25-21(29)19-11-6-12-32-19/h3-13H,2,14H2,1H3,(H,24,28)(H,25,29). The fourth-order valence-electron chi connectivity index (χ4n) is 3.42. The molecule has 0 aliphatic rings. The third-order valence-corrected chi connectivity index (χ3v) is 5.77. The van der Waals surface area contributed by atoms with Gasteiger partial charge < -0.3 is 10.6 Å². The molecule has 0 atom stereocenters. The van der Waals surface area contributed by atoms with Gasteiger partial charge >= 0.3 is 5.69 Å². The summed E-state index contributed by atoms with van der Waals surface area (Å²) in [6, 6.07) is 17.0. The number of carbonyl (C=O) groups is 2. The van der Waals surface area contributed by atoms with Gasteiger partial charge in [-0.2, -0.15) is 0 Å². The first-order valence-electron chi connectivity index (χ1n) is 9.95. The van der Waals surface area contributed by atoms with Crippen molar-refractivity contribution in [2.24, 2.45) is 0 Å². The van der Waals surface area contributed by atoms with E-state index < -0.39 is 11.6 Å². The van der Waals surface area contributed by atoms with Crippen LogP contribution in [0.25, 0.3) is 10.9 Å². The number of hydrogen-bond donors (Lipinski definition) is 2. The Morgan fingerprint density at radius 2 is 1.66 bits per heavy atom. The van der Waals surface area contributed by atoms with Crippen LogP contribution in [0, 0.1) is 0 Å². The van der Waals surface area contributed by atoms with Crippen LogP contribution in [0.3, 0.4) is 0 Å². The van der Waals surface area contributed by atoms with E-state index in [-0.39, 0.29) is 24.6 Å². The van der Waals surface area contributed by atoms with Crippen molar-refractivity contribution in [2.45, 2.75) is 20.0 Å². The summed E-state index contributed by atoms with van der Waals surface area (Å²) in [4.78, 5) is 50.9. The second-order valence-electron chi connectivity index (χ2n) is 7.00. The maximum absolute atomic E-state index is 12.8. The Labute approximate surface area is 186 Å². The molecule has 9 heteroatoms. The van der Waals surface area contributed by atoms with E-state index in [9.17, 15) is 19.2 Å². The Morgan fingerprint density at radius 3 is 2.38 bits per heavy atom. The zero-order valence-corrected chi connectivity index (χ0v) is 18.0. The number of aromatic nitrogens is 2. The van der Waals surface area contributed by atoms with Crippen LogP contribution in [-0.4, -0.2) is 20.9 Å². The van der Waals surface area contributed by atoms with Crippen LogP contribution in [0.5, 0.6) is 0 Å². The van der Waals surface area contributed by atoms with E-state index in [4.69, 9.17) is 0 Å². The average molecular weight is 449 g/mol. The van der Waals surface area contributed by atoms with E-state index in [1.807, 2.05) is 5.38 Å². The topological polar surface area (TPSA) is 102 Å². The summed E-state index contributed by atoms with van der Waals surface area (Å²) in [5, 5.41) is 7.73. The van der Waals surface area contributed by atoms with Gasteiger partial charge in [-0.1, -0.05) is 24.3 Å².